The third-order valence-electron chi connectivity index (χ3n) is 4.56. The van der Waals surface area contributed by atoms with E-state index in [1.54, 1.807) is 60.7 Å². The highest BCUT2D eigenvalue weighted by Crippen LogP contribution is 2.29. The molecule has 3 rings (SSSR count). The Hall–Kier alpha value is -3.45. The van der Waals surface area contributed by atoms with Crippen LogP contribution in [0.5, 0.6) is 0 Å². The van der Waals surface area contributed by atoms with E-state index in [4.69, 9.17) is 4.74 Å². The summed E-state index contributed by atoms with van der Waals surface area (Å²) in [6.07, 6.45) is 0. The van der Waals surface area contributed by atoms with Gasteiger partial charge in [-0.1, -0.05) is 60.2 Å². The number of hydrogen-bond donors (Lipinski definition) is 0. The van der Waals surface area contributed by atoms with Gasteiger partial charge in [0.1, 0.15) is 6.54 Å². The van der Waals surface area contributed by atoms with E-state index in [0.29, 0.717) is 5.56 Å². The van der Waals surface area contributed by atoms with Crippen LogP contribution in [0, 0.1) is 6.92 Å². The minimum absolute atomic E-state index is 0.0129. The highest BCUT2D eigenvalue weighted by molar-refractivity contribution is 7.92. The predicted octanol–water partition coefficient (Wildman–Crippen LogP) is 3.59. The lowest BCUT2D eigenvalue weighted by Crippen LogP contribution is -2.37. The van der Waals surface area contributed by atoms with Crippen molar-refractivity contribution in [2.24, 2.45) is 0 Å². The van der Waals surface area contributed by atoms with Crippen molar-refractivity contribution in [3.8, 4) is 0 Å². The minimum Gasteiger partial charge on any atom is -0.468 e. The lowest BCUT2D eigenvalue weighted by atomic mass is 10.0. The Labute approximate surface area is 175 Å². The van der Waals surface area contributed by atoms with E-state index in [0.717, 1.165) is 9.87 Å². The number of ketones is 1. The van der Waals surface area contributed by atoms with Crippen molar-refractivity contribution in [1.82, 2.24) is 0 Å². The van der Waals surface area contributed by atoms with Crippen LogP contribution >= 0.6 is 0 Å². The zero-order valence-electron chi connectivity index (χ0n) is 16.6. The van der Waals surface area contributed by atoms with Gasteiger partial charge in [0.05, 0.1) is 17.7 Å². The number of rotatable bonds is 7. The molecule has 0 aliphatic rings. The van der Waals surface area contributed by atoms with Crippen LogP contribution in [-0.4, -0.2) is 33.8 Å². The number of esters is 1. The Morgan fingerprint density at radius 1 is 0.867 bits per heavy atom. The molecule has 154 valence electrons. The molecule has 0 aliphatic carbocycles. The zero-order chi connectivity index (χ0) is 21.7. The molecule has 0 N–H and O–H groups in total. The number of anilines is 1. The minimum atomic E-state index is -4.13. The van der Waals surface area contributed by atoms with Crippen molar-refractivity contribution >= 4 is 27.5 Å². The maximum Gasteiger partial charge on any atom is 0.326 e. The van der Waals surface area contributed by atoms with Crippen molar-refractivity contribution in [2.75, 3.05) is 18.0 Å². The van der Waals surface area contributed by atoms with Crippen LogP contribution in [0.3, 0.4) is 0 Å². The summed E-state index contributed by atoms with van der Waals surface area (Å²) in [5.41, 5.74) is 1.59. The molecule has 0 spiro atoms. The molecule has 0 radical (unpaired) electrons. The van der Waals surface area contributed by atoms with Crippen LogP contribution in [0.25, 0.3) is 0 Å². The van der Waals surface area contributed by atoms with Crippen LogP contribution in [0.2, 0.25) is 0 Å². The molecule has 0 atom stereocenters. The van der Waals surface area contributed by atoms with Crippen molar-refractivity contribution < 1.29 is 22.7 Å². The Morgan fingerprint density at radius 2 is 1.47 bits per heavy atom. The predicted molar refractivity (Wildman–Crippen MR) is 114 cm³/mol. The Bertz CT molecular complexity index is 1160. The molecule has 7 heteroatoms. The highest BCUT2D eigenvalue weighted by Gasteiger charge is 2.30. The van der Waals surface area contributed by atoms with Gasteiger partial charge in [-0.2, -0.15) is 0 Å². The number of sulfonamides is 1. The smallest absolute Gasteiger partial charge is 0.326 e. The fourth-order valence-corrected chi connectivity index (χ4v) is 4.38. The number of methoxy groups -OCH3 is 1. The van der Waals surface area contributed by atoms with E-state index >= 15 is 0 Å². The summed E-state index contributed by atoms with van der Waals surface area (Å²) in [5, 5.41) is 0. The highest BCUT2D eigenvalue weighted by atomic mass is 32.2. The first-order chi connectivity index (χ1) is 14.3. The van der Waals surface area contributed by atoms with Gasteiger partial charge in [-0.3, -0.25) is 13.9 Å². The molecule has 6 nitrogen and oxygen atoms in total. The number of carbonyl (C=O) groups is 2. The second-order valence-electron chi connectivity index (χ2n) is 6.61. The SMILES string of the molecule is COC(=O)CN(c1ccccc1C(=O)c1ccccc1)S(=O)(=O)c1ccc(C)cc1. The van der Waals surface area contributed by atoms with E-state index in [9.17, 15) is 18.0 Å². The van der Waals surface area contributed by atoms with E-state index in [1.807, 2.05) is 6.92 Å². The van der Waals surface area contributed by atoms with Gasteiger partial charge < -0.3 is 4.74 Å². The first kappa shape index (κ1) is 21.3. The molecule has 0 fully saturated rings. The summed E-state index contributed by atoms with van der Waals surface area (Å²) in [4.78, 5) is 25.2. The van der Waals surface area contributed by atoms with Gasteiger partial charge in [0.15, 0.2) is 5.78 Å². The molecular weight excluding hydrogens is 402 g/mol. The molecule has 0 heterocycles. The Morgan fingerprint density at radius 3 is 2.10 bits per heavy atom. The average molecular weight is 423 g/mol. The number of aryl methyl sites for hydroxylation is 1. The first-order valence-corrected chi connectivity index (χ1v) is 10.6. The van der Waals surface area contributed by atoms with Crippen molar-refractivity contribution in [2.45, 2.75) is 11.8 Å². The van der Waals surface area contributed by atoms with Crippen LogP contribution in [0.4, 0.5) is 5.69 Å². The normalized spacial score (nSPS) is 11.0. The van der Waals surface area contributed by atoms with Gasteiger partial charge in [-0.25, -0.2) is 8.42 Å². The maximum atomic E-state index is 13.4. The van der Waals surface area contributed by atoms with Gasteiger partial charge in [0, 0.05) is 11.1 Å². The topological polar surface area (TPSA) is 80.8 Å². The number of benzene rings is 3. The number of ether oxygens (including phenoxy) is 1. The van der Waals surface area contributed by atoms with Crippen LogP contribution in [0.15, 0.2) is 83.8 Å². The van der Waals surface area contributed by atoms with E-state index in [2.05, 4.69) is 0 Å². The summed E-state index contributed by atoms with van der Waals surface area (Å²) < 4.78 is 32.5. The molecular formula is C23H21NO5S. The Kier molecular flexibility index (Phi) is 6.32. The van der Waals surface area contributed by atoms with Crippen molar-refractivity contribution in [1.29, 1.82) is 0 Å². The zero-order valence-corrected chi connectivity index (χ0v) is 17.4. The molecule has 0 saturated heterocycles. The molecule has 0 saturated carbocycles. The number of para-hydroxylation sites is 1. The molecule has 0 aromatic heterocycles. The molecule has 0 aliphatic heterocycles. The molecule has 0 unspecified atom stereocenters. The number of nitrogens with zero attached hydrogens (tertiary/aromatic N) is 1. The van der Waals surface area contributed by atoms with E-state index < -0.39 is 22.5 Å². The van der Waals surface area contributed by atoms with Crippen LogP contribution in [-0.2, 0) is 19.6 Å². The number of hydrogen-bond acceptors (Lipinski definition) is 5. The molecule has 0 amide bonds. The third-order valence-corrected chi connectivity index (χ3v) is 6.34. The van der Waals surface area contributed by atoms with E-state index in [-0.39, 0.29) is 21.9 Å². The molecule has 30 heavy (non-hydrogen) atoms. The average Bonchev–Trinajstić information content (AvgIpc) is 2.77. The molecule has 3 aromatic rings. The monoisotopic (exact) mass is 423 g/mol. The quantitative estimate of drug-likeness (QED) is 0.429. The lowest BCUT2D eigenvalue weighted by Gasteiger charge is -2.25. The summed E-state index contributed by atoms with van der Waals surface area (Å²) in [6, 6.07) is 21.1. The standard InChI is InChI=1S/C23H21NO5S/c1-17-12-14-19(15-13-17)30(27,28)24(16-22(25)29-2)21-11-7-6-10-20(21)23(26)18-8-4-3-5-9-18/h3-15H,16H2,1-2H3. The lowest BCUT2D eigenvalue weighted by molar-refractivity contribution is -0.138. The molecule has 3 aromatic carbocycles. The van der Waals surface area contributed by atoms with Gasteiger partial charge >= 0.3 is 5.97 Å². The van der Waals surface area contributed by atoms with Gasteiger partial charge in [0.25, 0.3) is 10.0 Å². The van der Waals surface area contributed by atoms with Gasteiger partial charge in [-0.15, -0.1) is 0 Å². The van der Waals surface area contributed by atoms with Crippen molar-refractivity contribution in [3.05, 3.63) is 95.6 Å². The fraction of sp³-hybridized carbons (Fsp3) is 0.130. The summed E-state index contributed by atoms with van der Waals surface area (Å²) in [5.74, 6) is -1.09. The van der Waals surface area contributed by atoms with Crippen LogP contribution in [0.1, 0.15) is 21.5 Å². The van der Waals surface area contributed by atoms with Crippen LogP contribution < -0.4 is 4.31 Å². The summed E-state index contributed by atoms with van der Waals surface area (Å²) >= 11 is 0. The fourth-order valence-electron chi connectivity index (χ4n) is 2.95. The van der Waals surface area contributed by atoms with E-state index in [1.165, 1.54) is 25.3 Å². The largest absolute Gasteiger partial charge is 0.468 e. The third kappa shape index (κ3) is 4.41. The summed E-state index contributed by atoms with van der Waals surface area (Å²) in [7, 11) is -2.95. The van der Waals surface area contributed by atoms with Gasteiger partial charge in [0.2, 0.25) is 0 Å². The number of carbonyl (C=O) groups excluding carboxylic acids is 2. The first-order valence-electron chi connectivity index (χ1n) is 9.19. The summed E-state index contributed by atoms with van der Waals surface area (Å²) in [6.45, 7) is 1.28. The van der Waals surface area contributed by atoms with Gasteiger partial charge in [-0.05, 0) is 31.2 Å². The second-order valence-corrected chi connectivity index (χ2v) is 8.48. The van der Waals surface area contributed by atoms with Crippen molar-refractivity contribution in [3.63, 3.8) is 0 Å². The second kappa shape index (κ2) is 8.92. The Balaban J connectivity index is 2.15. The molecule has 0 bridgehead atoms. The maximum absolute atomic E-state index is 13.4.